The number of carbonyl (C=O) groups excluding carboxylic acids is 2. The number of nitrogens with zero attached hydrogens (tertiary/aromatic N) is 2. The number of hydrogen-bond donors (Lipinski definition) is 3. The molecule has 2 aromatic heterocycles. The smallest absolute Gasteiger partial charge is 0.308 e. The van der Waals surface area contributed by atoms with Gasteiger partial charge >= 0.3 is 6.03 Å². The van der Waals surface area contributed by atoms with Crippen LogP contribution >= 0.6 is 22.7 Å². The number of anilines is 3. The number of hydrogen-bond acceptors (Lipinski definition) is 8. The third-order valence-corrected chi connectivity index (χ3v) is 7.27. The molecule has 170 valence electrons. The molecule has 2 aromatic carbocycles. The molecule has 0 aliphatic rings. The van der Waals surface area contributed by atoms with Gasteiger partial charge in [0, 0.05) is 17.3 Å². The lowest BCUT2D eigenvalue weighted by molar-refractivity contribution is -0.115. The van der Waals surface area contributed by atoms with Gasteiger partial charge in [0.05, 0.1) is 27.2 Å². The van der Waals surface area contributed by atoms with Crippen LogP contribution in [0.3, 0.4) is 0 Å². The van der Waals surface area contributed by atoms with Crippen molar-refractivity contribution in [1.29, 1.82) is 0 Å². The van der Waals surface area contributed by atoms with Gasteiger partial charge in [0.1, 0.15) is 0 Å². The number of urea groups is 1. The lowest BCUT2D eigenvalue weighted by Gasteiger charge is -2.05. The third-order valence-electron chi connectivity index (χ3n) is 4.42. The highest BCUT2D eigenvalue weighted by atomic mass is 32.2. The van der Waals surface area contributed by atoms with E-state index in [1.54, 1.807) is 17.5 Å². The zero-order chi connectivity index (χ0) is 23.6. The molecule has 0 atom stereocenters. The van der Waals surface area contributed by atoms with E-state index in [0.717, 1.165) is 11.8 Å². The molecule has 0 bridgehead atoms. The Labute approximate surface area is 197 Å². The summed E-state index contributed by atoms with van der Waals surface area (Å²) in [4.78, 5) is 33.4. The largest absolute Gasteiger partial charge is 0.325 e. The maximum atomic E-state index is 12.4. The second-order valence-electron chi connectivity index (χ2n) is 7.24. The summed E-state index contributed by atoms with van der Waals surface area (Å²) in [6, 6.07) is 11.6. The average Bonchev–Trinajstić information content (AvgIpc) is 3.32. The number of nitrogens with one attached hydrogen (secondary N) is 3. The molecule has 33 heavy (non-hydrogen) atoms. The first kappa shape index (κ1) is 22.8. The second-order valence-corrected chi connectivity index (χ2v) is 11.1. The molecule has 0 saturated carbocycles. The predicted molar refractivity (Wildman–Crippen MR) is 131 cm³/mol. The lowest BCUT2D eigenvalue weighted by Crippen LogP contribution is -2.19. The molecule has 3 N–H and O–H groups in total. The quantitative estimate of drug-likeness (QED) is 0.361. The monoisotopic (exact) mass is 501 g/mol. The average molecular weight is 502 g/mol. The van der Waals surface area contributed by atoms with Crippen molar-refractivity contribution in [2.24, 2.45) is 0 Å². The number of aryl methyl sites for hydroxylation is 1. The minimum absolute atomic E-state index is 0.00218. The van der Waals surface area contributed by atoms with Crippen molar-refractivity contribution < 1.29 is 18.0 Å². The van der Waals surface area contributed by atoms with Gasteiger partial charge in [-0.15, -0.1) is 11.3 Å². The Kier molecular flexibility index (Phi) is 6.40. The molecule has 0 saturated heterocycles. The minimum Gasteiger partial charge on any atom is -0.308 e. The minimum atomic E-state index is -3.32. The maximum Gasteiger partial charge on any atom is 0.325 e. The van der Waals surface area contributed by atoms with Crippen molar-refractivity contribution in [3.63, 3.8) is 0 Å². The van der Waals surface area contributed by atoms with Crippen molar-refractivity contribution in [1.82, 2.24) is 9.97 Å². The van der Waals surface area contributed by atoms with Gasteiger partial charge < -0.3 is 10.6 Å². The molecule has 0 aliphatic heterocycles. The molecule has 9 nitrogen and oxygen atoms in total. The van der Waals surface area contributed by atoms with Crippen LogP contribution in [-0.4, -0.2) is 36.6 Å². The van der Waals surface area contributed by atoms with Crippen LogP contribution in [0.4, 0.5) is 20.7 Å². The standard InChI is InChI=1S/C21H19N5O4S3/c1-12-4-3-5-13(8-12)22-19(28)26-20-23-14(11-31-20)9-18(27)25-21-24-16-7-6-15(33(2,29)30)10-17(16)32-21/h3-8,10-11H,9H2,1-2H3,(H,24,25,27)(H2,22,23,26,28). The number of sulfone groups is 1. The van der Waals surface area contributed by atoms with Crippen LogP contribution in [0.25, 0.3) is 10.2 Å². The van der Waals surface area contributed by atoms with E-state index in [1.807, 2.05) is 25.1 Å². The number of amides is 3. The number of carbonyl (C=O) groups is 2. The van der Waals surface area contributed by atoms with Crippen molar-refractivity contribution >= 4 is 70.6 Å². The highest BCUT2D eigenvalue weighted by molar-refractivity contribution is 7.90. The normalized spacial score (nSPS) is 11.3. The summed E-state index contributed by atoms with van der Waals surface area (Å²) in [7, 11) is -3.32. The first-order chi connectivity index (χ1) is 15.7. The number of benzene rings is 2. The molecule has 2 heterocycles. The fourth-order valence-corrected chi connectivity index (χ4v) is 5.29. The zero-order valence-corrected chi connectivity index (χ0v) is 20.0. The summed E-state index contributed by atoms with van der Waals surface area (Å²) >= 11 is 2.41. The highest BCUT2D eigenvalue weighted by Crippen LogP contribution is 2.28. The molecule has 0 aliphatic carbocycles. The van der Waals surface area contributed by atoms with Crippen LogP contribution in [0, 0.1) is 6.92 Å². The van der Waals surface area contributed by atoms with Crippen molar-refractivity contribution in [3.05, 3.63) is 59.1 Å². The first-order valence-corrected chi connectivity index (χ1v) is 13.2. The second kappa shape index (κ2) is 9.25. The summed E-state index contributed by atoms with van der Waals surface area (Å²) in [5, 5.41) is 10.5. The zero-order valence-electron chi connectivity index (χ0n) is 17.6. The van der Waals surface area contributed by atoms with Gasteiger partial charge in [-0.1, -0.05) is 23.5 Å². The van der Waals surface area contributed by atoms with Gasteiger partial charge in [0.25, 0.3) is 0 Å². The molecular weight excluding hydrogens is 482 g/mol. The summed E-state index contributed by atoms with van der Waals surface area (Å²) < 4.78 is 24.1. The van der Waals surface area contributed by atoms with Crippen LogP contribution < -0.4 is 16.0 Å². The van der Waals surface area contributed by atoms with E-state index in [2.05, 4.69) is 25.9 Å². The van der Waals surface area contributed by atoms with E-state index in [1.165, 1.54) is 34.8 Å². The topological polar surface area (TPSA) is 130 Å². The fraction of sp³-hybridized carbons (Fsp3) is 0.143. The Hall–Kier alpha value is -3.35. The van der Waals surface area contributed by atoms with Gasteiger partial charge in [0.2, 0.25) is 5.91 Å². The van der Waals surface area contributed by atoms with Gasteiger partial charge in [-0.25, -0.2) is 23.2 Å². The van der Waals surface area contributed by atoms with E-state index in [4.69, 9.17) is 0 Å². The molecular formula is C21H19N5O4S3. The van der Waals surface area contributed by atoms with Gasteiger partial charge in [0.15, 0.2) is 20.1 Å². The van der Waals surface area contributed by atoms with Gasteiger partial charge in [-0.2, -0.15) is 0 Å². The SMILES string of the molecule is Cc1cccc(NC(=O)Nc2nc(CC(=O)Nc3nc4ccc(S(C)(=O)=O)cc4s3)cs2)c1. The van der Waals surface area contributed by atoms with Gasteiger partial charge in [-0.3, -0.25) is 10.1 Å². The van der Waals surface area contributed by atoms with Crippen molar-refractivity contribution in [3.8, 4) is 0 Å². The number of aromatic nitrogens is 2. The van der Waals surface area contributed by atoms with Crippen LogP contribution in [0.1, 0.15) is 11.3 Å². The third kappa shape index (κ3) is 5.92. The van der Waals surface area contributed by atoms with E-state index >= 15 is 0 Å². The van der Waals surface area contributed by atoms with E-state index in [-0.39, 0.29) is 17.2 Å². The number of rotatable bonds is 6. The van der Waals surface area contributed by atoms with Crippen molar-refractivity contribution in [2.75, 3.05) is 22.2 Å². The maximum absolute atomic E-state index is 12.4. The van der Waals surface area contributed by atoms with E-state index in [0.29, 0.717) is 31.9 Å². The number of thiazole rings is 2. The molecule has 0 unspecified atom stereocenters. The Morgan fingerprint density at radius 1 is 1.00 bits per heavy atom. The molecule has 0 radical (unpaired) electrons. The molecule has 3 amide bonds. The summed E-state index contributed by atoms with van der Waals surface area (Å²) in [5.74, 6) is -0.321. The van der Waals surface area contributed by atoms with Crippen LogP contribution in [-0.2, 0) is 21.1 Å². The lowest BCUT2D eigenvalue weighted by atomic mass is 10.2. The van der Waals surface area contributed by atoms with E-state index in [9.17, 15) is 18.0 Å². The van der Waals surface area contributed by atoms with Crippen LogP contribution in [0.15, 0.2) is 52.7 Å². The summed E-state index contributed by atoms with van der Waals surface area (Å²) in [6.45, 7) is 1.93. The number of fused-ring (bicyclic) bond motifs is 1. The fourth-order valence-electron chi connectivity index (χ4n) is 2.94. The Morgan fingerprint density at radius 3 is 2.58 bits per heavy atom. The summed E-state index contributed by atoms with van der Waals surface area (Å²) in [5.41, 5.74) is 2.80. The predicted octanol–water partition coefficient (Wildman–Crippen LogP) is 4.29. The molecule has 12 heteroatoms. The van der Waals surface area contributed by atoms with Gasteiger partial charge in [-0.05, 0) is 42.8 Å². The molecule has 4 aromatic rings. The first-order valence-electron chi connectivity index (χ1n) is 9.65. The van der Waals surface area contributed by atoms with Crippen molar-refractivity contribution in [2.45, 2.75) is 18.2 Å². The Bertz CT molecular complexity index is 1460. The highest BCUT2D eigenvalue weighted by Gasteiger charge is 2.14. The Morgan fingerprint density at radius 2 is 1.82 bits per heavy atom. The Balaban J connectivity index is 1.35. The van der Waals surface area contributed by atoms with Crippen LogP contribution in [0.5, 0.6) is 0 Å². The van der Waals surface area contributed by atoms with Crippen LogP contribution in [0.2, 0.25) is 0 Å². The molecule has 4 rings (SSSR count). The molecule has 0 fully saturated rings. The molecule has 0 spiro atoms. The van der Waals surface area contributed by atoms with E-state index < -0.39 is 15.9 Å². The summed E-state index contributed by atoms with van der Waals surface area (Å²) in [6.07, 6.45) is 1.14.